The van der Waals surface area contributed by atoms with Gasteiger partial charge in [0.25, 0.3) is 5.91 Å². The smallest absolute Gasteiger partial charge is 0.273 e. The Morgan fingerprint density at radius 3 is 2.86 bits per heavy atom. The molecule has 0 saturated carbocycles. The molecule has 2 aromatic heterocycles. The third kappa shape index (κ3) is 3.14. The second-order valence-electron chi connectivity index (χ2n) is 7.71. The average molecular weight is 394 g/mol. The molecule has 0 aliphatic carbocycles. The summed E-state index contributed by atoms with van der Waals surface area (Å²) in [4.78, 5) is 22.1. The molecule has 2 aliphatic rings. The minimum atomic E-state index is 0.0701. The Morgan fingerprint density at radius 1 is 1.18 bits per heavy atom. The number of hydrogen-bond donors (Lipinski definition) is 0. The zero-order chi connectivity index (χ0) is 19.1. The lowest BCUT2D eigenvalue weighted by Crippen LogP contribution is -2.48. The summed E-state index contributed by atoms with van der Waals surface area (Å²) < 4.78 is 1.83. The van der Waals surface area contributed by atoms with Gasteiger partial charge in [-0.15, -0.1) is 11.3 Å². The van der Waals surface area contributed by atoms with Gasteiger partial charge in [0.15, 0.2) is 0 Å². The molecule has 1 amide bonds. The van der Waals surface area contributed by atoms with Gasteiger partial charge in [-0.05, 0) is 44.5 Å². The Balaban J connectivity index is 1.35. The summed E-state index contributed by atoms with van der Waals surface area (Å²) in [5.41, 5.74) is 2.50. The van der Waals surface area contributed by atoms with Gasteiger partial charge in [-0.25, -0.2) is 9.67 Å². The second-order valence-corrected chi connectivity index (χ2v) is 8.57. The molecule has 3 aromatic rings. The summed E-state index contributed by atoms with van der Waals surface area (Å²) in [5.74, 6) is 0.711. The summed E-state index contributed by atoms with van der Waals surface area (Å²) in [6, 6.07) is 10.3. The van der Waals surface area contributed by atoms with E-state index >= 15 is 0 Å². The van der Waals surface area contributed by atoms with Gasteiger partial charge in [-0.1, -0.05) is 18.2 Å². The average Bonchev–Trinajstić information content (AvgIpc) is 3.46. The maximum atomic E-state index is 13.1. The van der Waals surface area contributed by atoms with Crippen LogP contribution >= 0.6 is 11.3 Å². The number of benzene rings is 1. The van der Waals surface area contributed by atoms with Crippen LogP contribution in [0, 0.1) is 5.92 Å². The van der Waals surface area contributed by atoms with E-state index < -0.39 is 0 Å². The molecule has 2 unspecified atom stereocenters. The Hall–Kier alpha value is -2.51. The molecule has 144 valence electrons. The van der Waals surface area contributed by atoms with Gasteiger partial charge in [0, 0.05) is 36.3 Å². The van der Waals surface area contributed by atoms with E-state index in [2.05, 4.69) is 22.0 Å². The normalized spacial score (nSPS) is 22.4. The number of likely N-dealkylation sites (N-methyl/N-ethyl adjacent to an activating group) is 1. The Morgan fingerprint density at radius 2 is 2.00 bits per heavy atom. The van der Waals surface area contributed by atoms with Gasteiger partial charge < -0.3 is 9.80 Å². The quantitative estimate of drug-likeness (QED) is 0.686. The fourth-order valence-corrected chi connectivity index (χ4v) is 5.13. The molecular weight excluding hydrogens is 370 g/mol. The number of carbonyl (C=O) groups excluding carboxylic acids is 1. The van der Waals surface area contributed by atoms with E-state index in [1.165, 1.54) is 17.8 Å². The van der Waals surface area contributed by atoms with Gasteiger partial charge in [-0.2, -0.15) is 5.10 Å². The van der Waals surface area contributed by atoms with Crippen LogP contribution in [0.3, 0.4) is 0 Å². The highest BCUT2D eigenvalue weighted by atomic mass is 32.1. The van der Waals surface area contributed by atoms with Crippen molar-refractivity contribution >= 4 is 17.2 Å². The van der Waals surface area contributed by atoms with Crippen molar-refractivity contribution in [1.29, 1.82) is 0 Å². The highest BCUT2D eigenvalue weighted by Gasteiger charge is 2.40. The fourth-order valence-electron chi connectivity index (χ4n) is 4.36. The monoisotopic (exact) mass is 393 g/mol. The number of para-hydroxylation sites is 1. The Bertz CT molecular complexity index is 982. The summed E-state index contributed by atoms with van der Waals surface area (Å²) in [7, 11) is 2.14. The molecule has 0 radical (unpaired) electrons. The molecule has 0 spiro atoms. The summed E-state index contributed by atoms with van der Waals surface area (Å²) in [5, 5.41) is 7.16. The molecule has 1 aromatic carbocycles. The van der Waals surface area contributed by atoms with Crippen molar-refractivity contribution in [2.24, 2.45) is 5.92 Å². The van der Waals surface area contributed by atoms with Crippen molar-refractivity contribution in [3.63, 3.8) is 0 Å². The number of likely N-dealkylation sites (tertiary alicyclic amines) is 2. The van der Waals surface area contributed by atoms with E-state index in [1.807, 2.05) is 57.7 Å². The number of thiazole rings is 1. The highest BCUT2D eigenvalue weighted by Crippen LogP contribution is 2.33. The summed E-state index contributed by atoms with van der Waals surface area (Å²) >= 11 is 1.51. The zero-order valence-corrected chi connectivity index (χ0v) is 16.7. The third-order valence-corrected chi connectivity index (χ3v) is 6.79. The first-order valence-electron chi connectivity index (χ1n) is 9.74. The van der Waals surface area contributed by atoms with Gasteiger partial charge in [-0.3, -0.25) is 4.79 Å². The van der Waals surface area contributed by atoms with Crippen LogP contribution in [0.2, 0.25) is 0 Å². The van der Waals surface area contributed by atoms with Crippen LogP contribution in [0.4, 0.5) is 0 Å². The summed E-state index contributed by atoms with van der Waals surface area (Å²) in [6.45, 7) is 2.95. The highest BCUT2D eigenvalue weighted by molar-refractivity contribution is 7.13. The molecule has 2 saturated heterocycles. The lowest BCUT2D eigenvalue weighted by atomic mass is 9.92. The molecular formula is C21H23N5OS. The fraction of sp³-hybridized carbons (Fsp3) is 0.381. The van der Waals surface area contributed by atoms with Crippen LogP contribution in [0.15, 0.2) is 48.1 Å². The first-order chi connectivity index (χ1) is 13.7. The largest absolute Gasteiger partial charge is 0.333 e. The number of nitrogens with zero attached hydrogens (tertiary/aromatic N) is 5. The van der Waals surface area contributed by atoms with Crippen LogP contribution in [0.25, 0.3) is 16.3 Å². The molecule has 7 heteroatoms. The van der Waals surface area contributed by atoms with Crippen molar-refractivity contribution < 1.29 is 4.79 Å². The van der Waals surface area contributed by atoms with E-state index in [1.54, 1.807) is 0 Å². The van der Waals surface area contributed by atoms with Crippen molar-refractivity contribution in [3.8, 4) is 16.3 Å². The third-order valence-electron chi connectivity index (χ3n) is 5.90. The number of piperidine rings is 1. The second kappa shape index (κ2) is 7.14. The van der Waals surface area contributed by atoms with E-state index in [9.17, 15) is 4.79 Å². The van der Waals surface area contributed by atoms with E-state index in [-0.39, 0.29) is 5.91 Å². The molecule has 2 fully saturated rings. The number of amides is 1. The number of carbonyl (C=O) groups is 1. The van der Waals surface area contributed by atoms with Crippen LogP contribution in [0.5, 0.6) is 0 Å². The Kier molecular flexibility index (Phi) is 4.49. The maximum Gasteiger partial charge on any atom is 0.273 e. The van der Waals surface area contributed by atoms with E-state index in [0.29, 0.717) is 17.7 Å². The zero-order valence-electron chi connectivity index (χ0n) is 15.9. The van der Waals surface area contributed by atoms with Crippen LogP contribution < -0.4 is 0 Å². The minimum absolute atomic E-state index is 0.0701. The number of aromatic nitrogens is 3. The maximum absolute atomic E-state index is 13.1. The molecule has 28 heavy (non-hydrogen) atoms. The molecule has 2 aliphatic heterocycles. The van der Waals surface area contributed by atoms with Crippen molar-refractivity contribution in [2.45, 2.75) is 18.9 Å². The van der Waals surface area contributed by atoms with Crippen LogP contribution in [-0.2, 0) is 0 Å². The first-order valence-corrected chi connectivity index (χ1v) is 10.6. The number of fused-ring (bicyclic) bond motifs is 1. The lowest BCUT2D eigenvalue weighted by molar-refractivity contribution is 0.0626. The number of hydrogen-bond acceptors (Lipinski definition) is 5. The molecule has 4 heterocycles. The minimum Gasteiger partial charge on any atom is -0.333 e. The van der Waals surface area contributed by atoms with Gasteiger partial charge in [0.1, 0.15) is 10.7 Å². The molecule has 0 bridgehead atoms. The molecule has 5 rings (SSSR count). The summed E-state index contributed by atoms with van der Waals surface area (Å²) in [6.07, 6.45) is 6.07. The Labute approximate surface area is 168 Å². The van der Waals surface area contributed by atoms with E-state index in [4.69, 9.17) is 0 Å². The lowest BCUT2D eigenvalue weighted by Gasteiger charge is -2.36. The molecule has 0 N–H and O–H groups in total. The predicted octanol–water partition coefficient (Wildman–Crippen LogP) is 3.16. The van der Waals surface area contributed by atoms with E-state index in [0.717, 1.165) is 42.3 Å². The van der Waals surface area contributed by atoms with Crippen molar-refractivity contribution in [2.75, 3.05) is 26.7 Å². The topological polar surface area (TPSA) is 54.3 Å². The van der Waals surface area contributed by atoms with Crippen molar-refractivity contribution in [1.82, 2.24) is 24.6 Å². The van der Waals surface area contributed by atoms with Crippen molar-refractivity contribution in [3.05, 3.63) is 53.8 Å². The number of rotatable bonds is 3. The van der Waals surface area contributed by atoms with Crippen LogP contribution in [-0.4, -0.2) is 63.2 Å². The van der Waals surface area contributed by atoms with Gasteiger partial charge in [0.05, 0.1) is 11.9 Å². The molecule has 2 atom stereocenters. The SMILES string of the molecule is CN1CCC2CCN(C(=O)c3csc(-c4cnn(-c5ccccc5)c4)n3)C2C1. The predicted molar refractivity (Wildman–Crippen MR) is 110 cm³/mol. The van der Waals surface area contributed by atoms with Crippen LogP contribution in [0.1, 0.15) is 23.3 Å². The standard InChI is InChI=1S/C21H23N5OS/c1-24-9-7-15-8-10-25(19(15)13-24)21(27)18-14-28-20(23-18)16-11-22-26(12-16)17-5-3-2-4-6-17/h2-6,11-12,14-15,19H,7-10,13H2,1H3. The molecule has 6 nitrogen and oxygen atoms in total. The van der Waals surface area contributed by atoms with Gasteiger partial charge >= 0.3 is 0 Å². The first kappa shape index (κ1) is 17.6. The van der Waals surface area contributed by atoms with Gasteiger partial charge in [0.2, 0.25) is 0 Å².